The van der Waals surface area contributed by atoms with Crippen LogP contribution in [0.15, 0.2) is 24.3 Å². The van der Waals surface area contributed by atoms with Gasteiger partial charge in [0.05, 0.1) is 6.42 Å². The molecular weight excluding hydrogens is 326 g/mol. The highest BCUT2D eigenvalue weighted by molar-refractivity contribution is 5.78. The molecule has 1 amide bonds. The van der Waals surface area contributed by atoms with Gasteiger partial charge in [-0.15, -0.1) is 0 Å². The summed E-state index contributed by atoms with van der Waals surface area (Å²) in [7, 11) is 0. The number of hydrogen-bond donors (Lipinski definition) is 2. The van der Waals surface area contributed by atoms with Crippen molar-refractivity contribution in [2.24, 2.45) is 0 Å². The molecule has 1 aliphatic rings. The van der Waals surface area contributed by atoms with Gasteiger partial charge in [-0.25, -0.2) is 0 Å². The van der Waals surface area contributed by atoms with E-state index in [0.29, 0.717) is 25.0 Å². The van der Waals surface area contributed by atoms with Crippen molar-refractivity contribution in [1.29, 1.82) is 0 Å². The zero-order valence-corrected chi connectivity index (χ0v) is 11.8. The normalized spacial score (nSPS) is 16.3. The second-order valence-electron chi connectivity index (χ2n) is 5.54. The number of carbonyl (C=O) groups excluding carboxylic acids is 1. The van der Waals surface area contributed by atoms with E-state index >= 15 is 0 Å². The van der Waals surface area contributed by atoms with Gasteiger partial charge in [-0.05, 0) is 30.5 Å². The maximum absolute atomic E-state index is 13.4. The van der Waals surface area contributed by atoms with Crippen LogP contribution in [0.25, 0.3) is 0 Å². The molecule has 0 saturated heterocycles. The second kappa shape index (κ2) is 5.61. The summed E-state index contributed by atoms with van der Waals surface area (Å²) in [6.45, 7) is 0. The molecular formula is C14H14F6N2O. The van der Waals surface area contributed by atoms with E-state index in [1.807, 2.05) is 0 Å². The minimum absolute atomic E-state index is 0.0226. The first kappa shape index (κ1) is 17.4. The first-order chi connectivity index (χ1) is 10.5. The Hall–Kier alpha value is -1.93. The van der Waals surface area contributed by atoms with Crippen LogP contribution in [0.3, 0.4) is 0 Å². The Balaban J connectivity index is 2.50. The lowest BCUT2D eigenvalue weighted by atomic mass is 9.75. The van der Waals surface area contributed by atoms with Gasteiger partial charge in [0.25, 0.3) is 0 Å². The number of hydrogen-bond acceptors (Lipinski definition) is 2. The topological polar surface area (TPSA) is 55.1 Å². The van der Waals surface area contributed by atoms with E-state index in [4.69, 9.17) is 5.73 Å². The number of nitrogen functional groups attached to an aromatic ring is 1. The van der Waals surface area contributed by atoms with Crippen molar-refractivity contribution in [1.82, 2.24) is 5.32 Å². The molecule has 0 bridgehead atoms. The van der Waals surface area contributed by atoms with Gasteiger partial charge >= 0.3 is 12.4 Å². The number of nitrogens with two attached hydrogens (primary N) is 1. The van der Waals surface area contributed by atoms with Gasteiger partial charge in [-0.3, -0.25) is 4.79 Å². The van der Waals surface area contributed by atoms with Crippen LogP contribution in [0.2, 0.25) is 0 Å². The number of halogens is 6. The fraction of sp³-hybridized carbons (Fsp3) is 0.500. The van der Waals surface area contributed by atoms with Crippen molar-refractivity contribution in [2.45, 2.75) is 43.1 Å². The van der Waals surface area contributed by atoms with Crippen LogP contribution in [-0.2, 0) is 10.2 Å². The molecule has 1 saturated carbocycles. The number of nitrogens with one attached hydrogen (secondary N) is 1. The molecule has 1 aromatic rings. The van der Waals surface area contributed by atoms with Crippen LogP contribution in [0.4, 0.5) is 32.0 Å². The van der Waals surface area contributed by atoms with Gasteiger partial charge in [0.15, 0.2) is 5.41 Å². The SMILES string of the molecule is Nc1ccc(C(CC(=O)NC2CC2)(C(F)(F)F)C(F)(F)F)cc1. The Morgan fingerprint density at radius 2 is 1.52 bits per heavy atom. The van der Waals surface area contributed by atoms with Crippen LogP contribution >= 0.6 is 0 Å². The van der Waals surface area contributed by atoms with Crippen LogP contribution in [-0.4, -0.2) is 24.3 Å². The molecule has 0 spiro atoms. The largest absolute Gasteiger partial charge is 0.407 e. The third-order valence-electron chi connectivity index (χ3n) is 3.74. The van der Waals surface area contributed by atoms with Gasteiger partial charge in [-0.2, -0.15) is 26.3 Å². The number of anilines is 1. The molecule has 23 heavy (non-hydrogen) atoms. The summed E-state index contributed by atoms with van der Waals surface area (Å²) in [6.07, 6.45) is -12.0. The second-order valence-corrected chi connectivity index (χ2v) is 5.54. The van der Waals surface area contributed by atoms with Crippen molar-refractivity contribution >= 4 is 11.6 Å². The number of amides is 1. The standard InChI is InChI=1S/C14H14F6N2O/c15-13(16,17)12(14(18,19)20,7-11(23)22-10-5-6-10)8-1-3-9(21)4-2-8/h1-4,10H,5-7,21H2,(H,22,23). The van der Waals surface area contributed by atoms with Crippen molar-refractivity contribution in [3.8, 4) is 0 Å². The molecule has 3 N–H and O–H groups in total. The van der Waals surface area contributed by atoms with Crippen molar-refractivity contribution in [2.75, 3.05) is 5.73 Å². The summed E-state index contributed by atoms with van der Waals surface area (Å²) in [6, 6.07) is 2.86. The van der Waals surface area contributed by atoms with E-state index in [2.05, 4.69) is 5.32 Å². The molecule has 1 aromatic carbocycles. The first-order valence-electron chi connectivity index (χ1n) is 6.76. The Morgan fingerprint density at radius 3 is 1.91 bits per heavy atom. The molecule has 1 fully saturated rings. The van der Waals surface area contributed by atoms with Crippen LogP contribution in [0.1, 0.15) is 24.8 Å². The molecule has 1 aliphatic carbocycles. The smallest absolute Gasteiger partial charge is 0.399 e. The summed E-state index contributed by atoms with van der Waals surface area (Å²) in [5, 5.41) is 2.17. The lowest BCUT2D eigenvalue weighted by Crippen LogP contribution is -2.56. The van der Waals surface area contributed by atoms with Crippen LogP contribution in [0.5, 0.6) is 0 Å². The lowest BCUT2D eigenvalue weighted by molar-refractivity contribution is -0.303. The Morgan fingerprint density at radius 1 is 1.04 bits per heavy atom. The van der Waals surface area contributed by atoms with Crippen LogP contribution in [0, 0.1) is 0 Å². The Kier molecular flexibility index (Phi) is 4.25. The average molecular weight is 340 g/mol. The summed E-state index contributed by atoms with van der Waals surface area (Å²) in [5.74, 6) is -1.28. The minimum atomic E-state index is -5.69. The highest BCUT2D eigenvalue weighted by atomic mass is 19.4. The van der Waals surface area contributed by atoms with E-state index in [1.165, 1.54) is 0 Å². The number of alkyl halides is 6. The predicted octanol–water partition coefficient (Wildman–Crippen LogP) is 3.30. The summed E-state index contributed by atoms with van der Waals surface area (Å²) in [4.78, 5) is 11.7. The quantitative estimate of drug-likeness (QED) is 0.653. The fourth-order valence-electron chi connectivity index (χ4n) is 2.31. The molecule has 0 unspecified atom stereocenters. The molecule has 2 rings (SSSR count). The van der Waals surface area contributed by atoms with Crippen LogP contribution < -0.4 is 11.1 Å². The minimum Gasteiger partial charge on any atom is -0.399 e. The maximum atomic E-state index is 13.4. The number of carbonyl (C=O) groups is 1. The zero-order valence-electron chi connectivity index (χ0n) is 11.8. The van der Waals surface area contributed by atoms with Crippen molar-refractivity contribution < 1.29 is 31.1 Å². The van der Waals surface area contributed by atoms with E-state index in [0.717, 1.165) is 12.1 Å². The molecule has 0 radical (unpaired) electrons. The molecule has 0 atom stereocenters. The Labute approximate surface area is 127 Å². The van der Waals surface area contributed by atoms with Crippen molar-refractivity contribution in [3.63, 3.8) is 0 Å². The molecule has 0 aliphatic heterocycles. The van der Waals surface area contributed by atoms with Crippen molar-refractivity contribution in [3.05, 3.63) is 29.8 Å². The molecule has 0 heterocycles. The van der Waals surface area contributed by atoms with Gasteiger partial charge in [0.1, 0.15) is 0 Å². The number of benzene rings is 1. The molecule has 128 valence electrons. The Bertz CT molecular complexity index is 560. The molecule has 0 aromatic heterocycles. The van der Waals surface area contributed by atoms with E-state index < -0.39 is 35.7 Å². The van der Waals surface area contributed by atoms with E-state index in [9.17, 15) is 31.1 Å². The third-order valence-corrected chi connectivity index (χ3v) is 3.74. The zero-order chi connectivity index (χ0) is 17.5. The highest BCUT2D eigenvalue weighted by Crippen LogP contribution is 2.54. The van der Waals surface area contributed by atoms with Gasteiger partial charge in [0, 0.05) is 11.7 Å². The summed E-state index contributed by atoms with van der Waals surface area (Å²) >= 11 is 0. The summed E-state index contributed by atoms with van der Waals surface area (Å²) in [5.41, 5.74) is 0.0154. The van der Waals surface area contributed by atoms with E-state index in [-0.39, 0.29) is 11.7 Å². The highest BCUT2D eigenvalue weighted by Gasteiger charge is 2.72. The number of rotatable bonds is 4. The fourth-order valence-corrected chi connectivity index (χ4v) is 2.31. The first-order valence-corrected chi connectivity index (χ1v) is 6.76. The molecule has 9 heteroatoms. The maximum Gasteiger partial charge on any atom is 0.407 e. The van der Waals surface area contributed by atoms with Gasteiger partial charge in [0.2, 0.25) is 5.91 Å². The lowest BCUT2D eigenvalue weighted by Gasteiger charge is -2.37. The summed E-state index contributed by atoms with van der Waals surface area (Å²) < 4.78 is 80.6. The average Bonchev–Trinajstić information content (AvgIpc) is 3.18. The molecule has 3 nitrogen and oxygen atoms in total. The van der Waals surface area contributed by atoms with Gasteiger partial charge < -0.3 is 11.1 Å². The third kappa shape index (κ3) is 3.37. The predicted molar refractivity (Wildman–Crippen MR) is 70.4 cm³/mol. The monoisotopic (exact) mass is 340 g/mol. The van der Waals surface area contributed by atoms with Gasteiger partial charge in [-0.1, -0.05) is 12.1 Å². The van der Waals surface area contributed by atoms with E-state index in [1.54, 1.807) is 0 Å².